The van der Waals surface area contributed by atoms with E-state index in [1.54, 1.807) is 0 Å². The Morgan fingerprint density at radius 2 is 1.57 bits per heavy atom. The zero-order valence-electron chi connectivity index (χ0n) is 14.0. The lowest BCUT2D eigenvalue weighted by atomic mass is 9.81. The monoisotopic (exact) mass is 298 g/mol. The highest BCUT2D eigenvalue weighted by molar-refractivity contribution is 5.86. The van der Waals surface area contributed by atoms with Crippen LogP contribution in [0.5, 0.6) is 0 Å². The lowest BCUT2D eigenvalue weighted by molar-refractivity contribution is -0.145. The topological polar surface area (TPSA) is 78.4 Å². The molecular weight excluding hydrogens is 268 g/mol. The molecule has 21 heavy (non-hydrogen) atoms. The van der Waals surface area contributed by atoms with E-state index in [1.807, 2.05) is 13.8 Å². The van der Waals surface area contributed by atoms with Crippen molar-refractivity contribution in [2.45, 2.75) is 84.2 Å². The number of amides is 2. The second kappa shape index (κ2) is 6.24. The van der Waals surface area contributed by atoms with Crippen molar-refractivity contribution >= 4 is 12.0 Å². The Labute approximate surface area is 127 Å². The number of aliphatic carboxylic acids is 1. The maximum Gasteiger partial charge on any atom is 0.329 e. The van der Waals surface area contributed by atoms with Crippen molar-refractivity contribution < 1.29 is 14.7 Å². The van der Waals surface area contributed by atoms with E-state index >= 15 is 0 Å². The molecular formula is C16H30N2O3. The van der Waals surface area contributed by atoms with Crippen molar-refractivity contribution in [3.05, 3.63) is 0 Å². The molecule has 0 saturated heterocycles. The molecule has 122 valence electrons. The number of hydrogen-bond donors (Lipinski definition) is 3. The highest BCUT2D eigenvalue weighted by Gasteiger charge is 2.41. The summed E-state index contributed by atoms with van der Waals surface area (Å²) in [5.74, 6) is -0.925. The van der Waals surface area contributed by atoms with Crippen molar-refractivity contribution in [2.75, 3.05) is 0 Å². The molecule has 0 bridgehead atoms. The number of carbonyl (C=O) groups is 2. The van der Waals surface area contributed by atoms with E-state index in [4.69, 9.17) is 0 Å². The SMILES string of the molecule is CC(C)(C)CC(C)(C)NC(=O)NC1(C(=O)O)CCCCC1. The molecule has 1 saturated carbocycles. The van der Waals surface area contributed by atoms with Crippen molar-refractivity contribution in [1.82, 2.24) is 10.6 Å². The molecule has 0 aliphatic heterocycles. The fraction of sp³-hybridized carbons (Fsp3) is 0.875. The van der Waals surface area contributed by atoms with Crippen LogP contribution in [0.1, 0.15) is 73.1 Å². The molecule has 0 heterocycles. The number of hydrogen-bond acceptors (Lipinski definition) is 2. The predicted molar refractivity (Wildman–Crippen MR) is 83.3 cm³/mol. The quantitative estimate of drug-likeness (QED) is 0.745. The predicted octanol–water partition coefficient (Wildman–Crippen LogP) is 3.29. The minimum Gasteiger partial charge on any atom is -0.480 e. The van der Waals surface area contributed by atoms with E-state index in [1.165, 1.54) is 0 Å². The zero-order chi connectivity index (χ0) is 16.3. The number of carboxylic acids is 1. The van der Waals surface area contributed by atoms with E-state index in [0.29, 0.717) is 12.8 Å². The summed E-state index contributed by atoms with van der Waals surface area (Å²) in [7, 11) is 0. The van der Waals surface area contributed by atoms with Gasteiger partial charge in [-0.3, -0.25) is 0 Å². The number of urea groups is 1. The van der Waals surface area contributed by atoms with Crippen molar-refractivity contribution in [3.63, 3.8) is 0 Å². The maximum absolute atomic E-state index is 12.2. The van der Waals surface area contributed by atoms with Crippen molar-refractivity contribution in [2.24, 2.45) is 5.41 Å². The molecule has 0 radical (unpaired) electrons. The summed E-state index contributed by atoms with van der Waals surface area (Å²) in [5, 5.41) is 15.1. The number of carbonyl (C=O) groups excluding carboxylic acids is 1. The van der Waals surface area contributed by atoms with Gasteiger partial charge in [0.2, 0.25) is 0 Å². The van der Waals surface area contributed by atoms with E-state index < -0.39 is 11.5 Å². The van der Waals surface area contributed by atoms with Gasteiger partial charge in [-0.2, -0.15) is 0 Å². The first-order valence-corrected chi connectivity index (χ1v) is 7.80. The van der Waals surface area contributed by atoms with Crippen LogP contribution in [-0.4, -0.2) is 28.2 Å². The molecule has 0 atom stereocenters. The van der Waals surface area contributed by atoms with Gasteiger partial charge in [-0.1, -0.05) is 40.0 Å². The van der Waals surface area contributed by atoms with Crippen LogP contribution in [-0.2, 0) is 4.79 Å². The van der Waals surface area contributed by atoms with Gasteiger partial charge in [0.05, 0.1) is 0 Å². The third kappa shape index (κ3) is 5.56. The Morgan fingerprint density at radius 3 is 2.00 bits per heavy atom. The van der Waals surface area contributed by atoms with Crippen LogP contribution >= 0.6 is 0 Å². The minimum atomic E-state index is -1.10. The average molecular weight is 298 g/mol. The standard InChI is InChI=1S/C16H30N2O3/c1-14(2,3)11-15(4,5)17-13(21)18-16(12(19)20)9-7-6-8-10-16/h6-11H2,1-5H3,(H,19,20)(H2,17,18,21). The van der Waals surface area contributed by atoms with Gasteiger partial charge in [-0.25, -0.2) is 9.59 Å². The van der Waals surface area contributed by atoms with Gasteiger partial charge >= 0.3 is 12.0 Å². The Kier molecular flexibility index (Phi) is 5.29. The van der Waals surface area contributed by atoms with Gasteiger partial charge < -0.3 is 15.7 Å². The normalized spacial score (nSPS) is 18.9. The highest BCUT2D eigenvalue weighted by Crippen LogP contribution is 2.29. The summed E-state index contributed by atoms with van der Waals surface area (Å²) in [6.45, 7) is 10.3. The molecule has 5 nitrogen and oxygen atoms in total. The molecule has 0 unspecified atom stereocenters. The molecule has 1 fully saturated rings. The number of carboxylic acid groups (broad SMARTS) is 1. The van der Waals surface area contributed by atoms with E-state index in [9.17, 15) is 14.7 Å². The van der Waals surface area contributed by atoms with Crippen LogP contribution in [0.3, 0.4) is 0 Å². The van der Waals surface area contributed by atoms with Crippen molar-refractivity contribution in [1.29, 1.82) is 0 Å². The summed E-state index contributed by atoms with van der Waals surface area (Å²) in [6.07, 6.45) is 4.56. The van der Waals surface area contributed by atoms with Crippen LogP contribution in [0.2, 0.25) is 0 Å². The minimum absolute atomic E-state index is 0.0894. The summed E-state index contributed by atoms with van der Waals surface area (Å²) in [5.41, 5.74) is -1.39. The molecule has 0 aromatic heterocycles. The van der Waals surface area contributed by atoms with Crippen molar-refractivity contribution in [3.8, 4) is 0 Å². The van der Waals surface area contributed by atoms with Gasteiger partial charge in [-0.05, 0) is 38.5 Å². The molecule has 0 aromatic carbocycles. The Bertz CT molecular complexity index is 391. The largest absolute Gasteiger partial charge is 0.480 e. The first-order valence-electron chi connectivity index (χ1n) is 7.80. The van der Waals surface area contributed by atoms with Gasteiger partial charge in [0, 0.05) is 5.54 Å². The molecule has 2 amide bonds. The molecule has 0 spiro atoms. The fourth-order valence-corrected chi connectivity index (χ4v) is 3.47. The molecule has 5 heteroatoms. The smallest absolute Gasteiger partial charge is 0.329 e. The molecule has 1 aliphatic carbocycles. The Morgan fingerprint density at radius 1 is 1.05 bits per heavy atom. The van der Waals surface area contributed by atoms with Crippen LogP contribution in [0, 0.1) is 5.41 Å². The maximum atomic E-state index is 12.2. The second-order valence-electron chi connectivity index (χ2n) is 8.15. The molecule has 0 aromatic rings. The summed E-state index contributed by atoms with van der Waals surface area (Å²) < 4.78 is 0. The summed E-state index contributed by atoms with van der Waals surface area (Å²) >= 11 is 0. The first kappa shape index (κ1) is 17.8. The van der Waals surface area contributed by atoms with Gasteiger partial charge in [0.15, 0.2) is 0 Å². The fourth-order valence-electron chi connectivity index (χ4n) is 3.47. The third-order valence-corrected chi connectivity index (χ3v) is 3.89. The number of nitrogens with one attached hydrogen (secondary N) is 2. The summed E-state index contributed by atoms with van der Waals surface area (Å²) in [4.78, 5) is 23.8. The molecule has 1 rings (SSSR count). The van der Waals surface area contributed by atoms with E-state index in [0.717, 1.165) is 25.7 Å². The third-order valence-electron chi connectivity index (χ3n) is 3.89. The van der Waals surface area contributed by atoms with Crippen LogP contribution in [0.25, 0.3) is 0 Å². The average Bonchev–Trinajstić information content (AvgIpc) is 2.25. The van der Waals surface area contributed by atoms with Gasteiger partial charge in [0.25, 0.3) is 0 Å². The molecule has 1 aliphatic rings. The lowest BCUT2D eigenvalue weighted by Gasteiger charge is -2.37. The van der Waals surface area contributed by atoms with Crippen LogP contribution in [0.15, 0.2) is 0 Å². The van der Waals surface area contributed by atoms with Gasteiger partial charge in [-0.15, -0.1) is 0 Å². The van der Waals surface area contributed by atoms with Gasteiger partial charge in [0.1, 0.15) is 5.54 Å². The summed E-state index contributed by atoms with van der Waals surface area (Å²) in [6, 6.07) is -0.381. The van der Waals surface area contributed by atoms with E-state index in [-0.39, 0.29) is 17.0 Å². The lowest BCUT2D eigenvalue weighted by Crippen LogP contribution is -2.61. The van der Waals surface area contributed by atoms with Crippen LogP contribution < -0.4 is 10.6 Å². The Hall–Kier alpha value is -1.26. The second-order valence-corrected chi connectivity index (χ2v) is 8.15. The van der Waals surface area contributed by atoms with E-state index in [2.05, 4.69) is 31.4 Å². The first-order chi connectivity index (χ1) is 9.46. The number of rotatable bonds is 4. The van der Waals surface area contributed by atoms with Crippen LogP contribution in [0.4, 0.5) is 4.79 Å². The molecule has 3 N–H and O–H groups in total. The highest BCUT2D eigenvalue weighted by atomic mass is 16.4. The Balaban J connectivity index is 2.68. The zero-order valence-corrected chi connectivity index (χ0v) is 14.0.